The third-order valence-corrected chi connectivity index (χ3v) is 5.16. The number of rotatable bonds is 14. The van der Waals surface area contributed by atoms with Crippen LogP contribution in [0.5, 0.6) is 0 Å². The van der Waals surface area contributed by atoms with Crippen molar-refractivity contribution in [1.82, 2.24) is 10.2 Å². The fourth-order valence-corrected chi connectivity index (χ4v) is 2.89. The van der Waals surface area contributed by atoms with Crippen LogP contribution in [0.3, 0.4) is 0 Å². The molecule has 0 bridgehead atoms. The van der Waals surface area contributed by atoms with E-state index in [0.717, 1.165) is 70.8 Å². The zero-order chi connectivity index (χ0) is 22.7. The molecule has 2 rings (SSSR count). The number of allylic oxidation sites excluding steroid dienone is 6. The van der Waals surface area contributed by atoms with Crippen LogP contribution in [0.15, 0.2) is 48.6 Å². The van der Waals surface area contributed by atoms with Crippen molar-refractivity contribution in [2.45, 2.75) is 85.5 Å². The summed E-state index contributed by atoms with van der Waals surface area (Å²) in [7, 11) is 1.89. The Morgan fingerprint density at radius 3 is 1.69 bits per heavy atom. The molecule has 0 aromatic rings. The Balaban J connectivity index is 0.000000584. The molecular weight excluding hydrogens is 396 g/mol. The van der Waals surface area contributed by atoms with E-state index in [1.165, 1.54) is 0 Å². The molecule has 0 unspecified atom stereocenters. The topological polar surface area (TPSA) is 49.4 Å². The maximum Gasteiger partial charge on any atom is 0.225 e. The van der Waals surface area contributed by atoms with Crippen LogP contribution >= 0.6 is 0 Å². The molecule has 0 atom stereocenters. The molecule has 2 aliphatic rings. The quantitative estimate of drug-likeness (QED) is 0.242. The molecule has 0 aromatic heterocycles. The van der Waals surface area contributed by atoms with E-state index < -0.39 is 0 Å². The monoisotopic (exact) mass is 444 g/mol. The third-order valence-electron chi connectivity index (χ3n) is 5.16. The second kappa shape index (κ2) is 19.6. The van der Waals surface area contributed by atoms with Gasteiger partial charge in [-0.3, -0.25) is 9.59 Å². The Morgan fingerprint density at radius 1 is 0.750 bits per heavy atom. The fraction of sp³-hybridized carbons (Fsp3) is 0.643. The molecule has 0 heterocycles. The van der Waals surface area contributed by atoms with Gasteiger partial charge >= 0.3 is 0 Å². The van der Waals surface area contributed by atoms with Crippen molar-refractivity contribution >= 4 is 11.8 Å². The molecule has 0 saturated heterocycles. The van der Waals surface area contributed by atoms with Crippen molar-refractivity contribution in [1.29, 1.82) is 0 Å². The smallest absolute Gasteiger partial charge is 0.225 e. The average molecular weight is 445 g/mol. The number of unbranched alkanes of at least 4 members (excludes halogenated alkanes) is 2. The van der Waals surface area contributed by atoms with Crippen LogP contribution in [-0.2, 0) is 9.59 Å². The highest BCUT2D eigenvalue weighted by Crippen LogP contribution is 2.30. The molecule has 2 saturated carbocycles. The van der Waals surface area contributed by atoms with Gasteiger partial charge in [-0.1, -0.05) is 69.9 Å². The van der Waals surface area contributed by atoms with E-state index in [-0.39, 0.29) is 13.3 Å². The lowest BCUT2D eigenvalue weighted by Gasteiger charge is -2.13. The van der Waals surface area contributed by atoms with Crippen molar-refractivity contribution in [2.75, 3.05) is 20.1 Å². The van der Waals surface area contributed by atoms with E-state index in [2.05, 4.69) is 61.7 Å². The highest BCUT2D eigenvalue weighted by molar-refractivity contribution is 5.81. The standard InChI is InChI=1S/C14H23NO.C13H21NO.CH4/c1-3-4-5-6-7-8-9-12-15(2)14(16)13-10-11-13;1-2-3-4-5-6-7-8-11-14-13(15)12-9-10-12;/h4-5,8-9,13H,3,6-7,10-12H2,1-2H3;3-4,7-8,12H,2,5-6,9-11H2,1H3,(H,14,15);1H4/b5-4-,9-8+;4-3-,8-7+;. The van der Waals surface area contributed by atoms with E-state index in [1.54, 1.807) is 0 Å². The summed E-state index contributed by atoms with van der Waals surface area (Å²) in [4.78, 5) is 24.6. The number of hydrogen-bond acceptors (Lipinski definition) is 2. The molecule has 2 aliphatic carbocycles. The summed E-state index contributed by atoms with van der Waals surface area (Å²) in [5.74, 6) is 1.21. The summed E-state index contributed by atoms with van der Waals surface area (Å²) in [6.45, 7) is 5.73. The molecule has 182 valence electrons. The third kappa shape index (κ3) is 16.6. The van der Waals surface area contributed by atoms with E-state index in [9.17, 15) is 9.59 Å². The van der Waals surface area contributed by atoms with Gasteiger partial charge in [-0.15, -0.1) is 0 Å². The van der Waals surface area contributed by atoms with Gasteiger partial charge in [-0.25, -0.2) is 0 Å². The first-order valence-electron chi connectivity index (χ1n) is 12.2. The summed E-state index contributed by atoms with van der Waals surface area (Å²) >= 11 is 0. The van der Waals surface area contributed by atoms with Gasteiger partial charge in [0.15, 0.2) is 0 Å². The minimum absolute atomic E-state index is 0. The number of carbonyl (C=O) groups excluding carboxylic acids is 2. The van der Waals surface area contributed by atoms with Crippen LogP contribution in [0, 0.1) is 11.8 Å². The average Bonchev–Trinajstić information content (AvgIpc) is 3.67. The molecule has 2 amide bonds. The van der Waals surface area contributed by atoms with Crippen molar-refractivity contribution in [3.8, 4) is 0 Å². The Hall–Kier alpha value is -2.10. The van der Waals surface area contributed by atoms with Crippen molar-refractivity contribution in [2.24, 2.45) is 11.8 Å². The molecule has 4 nitrogen and oxygen atoms in total. The molecule has 0 spiro atoms. The van der Waals surface area contributed by atoms with E-state index >= 15 is 0 Å². The van der Waals surface area contributed by atoms with Gasteiger partial charge in [-0.05, 0) is 64.2 Å². The number of amides is 2. The SMILES string of the molecule is C.CC/C=C\CC/C=C/CN(C)C(=O)C1CC1.CC/C=C\CC/C=C/CNC(=O)C1CC1. The molecule has 4 heteroatoms. The van der Waals surface area contributed by atoms with E-state index in [4.69, 9.17) is 0 Å². The first-order valence-corrected chi connectivity index (χ1v) is 12.2. The Morgan fingerprint density at radius 2 is 1.22 bits per heavy atom. The van der Waals surface area contributed by atoms with Crippen molar-refractivity contribution in [3.05, 3.63) is 48.6 Å². The number of hydrogen-bond donors (Lipinski definition) is 1. The highest BCUT2D eigenvalue weighted by atomic mass is 16.2. The molecule has 2 fully saturated rings. The van der Waals surface area contributed by atoms with Gasteiger partial charge in [0.25, 0.3) is 0 Å². The lowest BCUT2D eigenvalue weighted by atomic mass is 10.2. The molecule has 0 radical (unpaired) electrons. The summed E-state index contributed by atoms with van der Waals surface area (Å²) < 4.78 is 0. The number of nitrogens with zero attached hydrogens (tertiary/aromatic N) is 1. The molecule has 1 N–H and O–H groups in total. The van der Waals surface area contributed by atoms with Gasteiger partial charge in [-0.2, -0.15) is 0 Å². The maximum atomic E-state index is 11.6. The largest absolute Gasteiger partial charge is 0.352 e. The maximum absolute atomic E-state index is 11.6. The lowest BCUT2D eigenvalue weighted by Crippen LogP contribution is -2.27. The summed E-state index contributed by atoms with van der Waals surface area (Å²) in [6.07, 6.45) is 28.1. The van der Waals surface area contributed by atoms with E-state index in [1.807, 2.05) is 18.0 Å². The molecule has 0 aromatic carbocycles. The number of likely N-dealkylation sites (N-methyl/N-ethyl adjacent to an activating group) is 1. The first-order chi connectivity index (χ1) is 15.1. The summed E-state index contributed by atoms with van der Waals surface area (Å²) in [5, 5.41) is 2.90. The second-order valence-electron chi connectivity index (χ2n) is 8.37. The Labute approximate surface area is 197 Å². The normalized spacial score (nSPS) is 15.7. The van der Waals surface area contributed by atoms with Crippen LogP contribution in [0.1, 0.15) is 85.5 Å². The van der Waals surface area contributed by atoms with Gasteiger partial charge < -0.3 is 10.2 Å². The first kappa shape index (κ1) is 29.9. The van der Waals surface area contributed by atoms with Gasteiger partial charge in [0.2, 0.25) is 11.8 Å². The van der Waals surface area contributed by atoms with Gasteiger partial charge in [0, 0.05) is 32.0 Å². The minimum atomic E-state index is 0. The van der Waals surface area contributed by atoms with Crippen LogP contribution < -0.4 is 5.32 Å². The Kier molecular flexibility index (Phi) is 18.3. The van der Waals surface area contributed by atoms with Gasteiger partial charge in [0.05, 0.1) is 0 Å². The van der Waals surface area contributed by atoms with Crippen LogP contribution in [-0.4, -0.2) is 36.9 Å². The predicted molar refractivity (Wildman–Crippen MR) is 138 cm³/mol. The second-order valence-corrected chi connectivity index (χ2v) is 8.37. The number of nitrogens with one attached hydrogen (secondary N) is 1. The summed E-state index contributed by atoms with van der Waals surface area (Å²) in [5.41, 5.74) is 0. The van der Waals surface area contributed by atoms with Crippen LogP contribution in [0.25, 0.3) is 0 Å². The molecular formula is C28H48N2O2. The predicted octanol–water partition coefficient (Wildman–Crippen LogP) is 6.61. The molecule has 32 heavy (non-hydrogen) atoms. The zero-order valence-electron chi connectivity index (χ0n) is 20.0. The lowest BCUT2D eigenvalue weighted by molar-refractivity contribution is -0.130. The number of carbonyl (C=O) groups is 2. The van der Waals surface area contributed by atoms with Crippen molar-refractivity contribution < 1.29 is 9.59 Å². The Bertz CT molecular complexity index is 611. The fourth-order valence-electron chi connectivity index (χ4n) is 2.89. The van der Waals surface area contributed by atoms with Crippen LogP contribution in [0.4, 0.5) is 0 Å². The van der Waals surface area contributed by atoms with Gasteiger partial charge in [0.1, 0.15) is 0 Å². The molecule has 0 aliphatic heterocycles. The van der Waals surface area contributed by atoms with E-state index in [0.29, 0.717) is 24.3 Å². The zero-order valence-corrected chi connectivity index (χ0v) is 20.0. The highest BCUT2D eigenvalue weighted by Gasteiger charge is 2.31. The van der Waals surface area contributed by atoms with Crippen molar-refractivity contribution in [3.63, 3.8) is 0 Å². The van der Waals surface area contributed by atoms with Crippen LogP contribution in [0.2, 0.25) is 0 Å². The minimum Gasteiger partial charge on any atom is -0.352 e. The summed E-state index contributed by atoms with van der Waals surface area (Å²) in [6, 6.07) is 0.